The second-order valence-corrected chi connectivity index (χ2v) is 29.7. The number of amides is 2. The molecule has 9 rings (SSSR count). The summed E-state index contributed by atoms with van der Waals surface area (Å²) in [5, 5.41) is 3.72. The van der Waals surface area contributed by atoms with E-state index in [1.807, 2.05) is 72.9 Å². The third kappa shape index (κ3) is 17.7. The van der Waals surface area contributed by atoms with Crippen LogP contribution in [0.4, 0.5) is 29.3 Å². The van der Waals surface area contributed by atoms with Crippen LogP contribution in [0.1, 0.15) is 82.1 Å². The van der Waals surface area contributed by atoms with Gasteiger partial charge in [-0.1, -0.05) is 54.4 Å². The van der Waals surface area contributed by atoms with Gasteiger partial charge in [0.25, 0.3) is 25.8 Å². The summed E-state index contributed by atoms with van der Waals surface area (Å²) < 4.78 is 110. The number of rotatable bonds is 20. The lowest BCUT2D eigenvalue weighted by molar-refractivity contribution is -0.0436. The van der Waals surface area contributed by atoms with E-state index in [0.29, 0.717) is 88.2 Å². The van der Waals surface area contributed by atoms with Gasteiger partial charge < -0.3 is 29.5 Å². The van der Waals surface area contributed by atoms with Gasteiger partial charge in [-0.25, -0.2) is 26.4 Å². The fraction of sp³-hybridized carbons (Fsp3) is 0.548. The van der Waals surface area contributed by atoms with Crippen molar-refractivity contribution in [3.05, 3.63) is 119 Å². The number of sulfone groups is 1. The highest BCUT2D eigenvalue weighted by Crippen LogP contribution is 2.45. The molecule has 4 fully saturated rings. The van der Waals surface area contributed by atoms with Gasteiger partial charge in [-0.2, -0.15) is 13.2 Å². The van der Waals surface area contributed by atoms with Crippen LogP contribution in [0.2, 0.25) is 5.02 Å². The minimum absolute atomic E-state index is 0.00943. The first-order valence-electron chi connectivity index (χ1n) is 29.6. The summed E-state index contributed by atoms with van der Waals surface area (Å²) in [6, 6.07) is 26.0. The van der Waals surface area contributed by atoms with E-state index >= 15 is 0 Å². The number of piperazine rings is 2. The van der Waals surface area contributed by atoms with Crippen LogP contribution >= 0.6 is 23.4 Å². The number of thioether (sulfide) groups is 1. The summed E-state index contributed by atoms with van der Waals surface area (Å²) in [5.74, 6) is -0.0307. The van der Waals surface area contributed by atoms with E-state index < -0.39 is 58.4 Å². The molecule has 464 valence electrons. The van der Waals surface area contributed by atoms with Crippen molar-refractivity contribution in [3.63, 3.8) is 0 Å². The first kappa shape index (κ1) is 64.6. The first-order valence-corrected chi connectivity index (χ1v) is 34.0. The van der Waals surface area contributed by atoms with Crippen molar-refractivity contribution in [3.8, 4) is 0 Å². The zero-order chi connectivity index (χ0) is 60.6. The zero-order valence-corrected chi connectivity index (χ0v) is 52.5. The number of nitrogens with zero attached hydrogens (tertiary/aromatic N) is 6. The average molecular weight is 1260 g/mol. The Morgan fingerprint density at radius 2 is 1.45 bits per heavy atom. The molecule has 0 saturated carbocycles. The van der Waals surface area contributed by atoms with Crippen molar-refractivity contribution >= 4 is 72.2 Å². The molecule has 23 heteroatoms. The number of carbonyl (C=O) groups excluding carboxylic acids is 2. The topological polar surface area (TPSA) is 164 Å². The third-order valence-corrected chi connectivity index (χ3v) is 21.2. The number of halogens is 4. The smallest absolute Gasteiger partial charge is 0.444 e. The minimum Gasteiger partial charge on any atom is -0.444 e. The van der Waals surface area contributed by atoms with Gasteiger partial charge in [-0.05, 0) is 162 Å². The lowest BCUT2D eigenvalue weighted by Gasteiger charge is -2.44. The van der Waals surface area contributed by atoms with Gasteiger partial charge in [0.1, 0.15) is 10.5 Å². The Morgan fingerprint density at radius 3 is 2.09 bits per heavy atom. The van der Waals surface area contributed by atoms with Crippen LogP contribution in [0.3, 0.4) is 0 Å². The quantitative estimate of drug-likeness (QED) is 0.0803. The molecule has 4 aromatic rings. The molecule has 0 aromatic heterocycles. The molecule has 4 aliphatic heterocycles. The number of piperidine rings is 1. The monoisotopic (exact) mass is 1250 g/mol. The van der Waals surface area contributed by atoms with Gasteiger partial charge in [-0.15, -0.1) is 11.8 Å². The highest BCUT2D eigenvalue weighted by atomic mass is 35.5. The highest BCUT2D eigenvalue weighted by molar-refractivity contribution is 7.99. The zero-order valence-electron chi connectivity index (χ0n) is 49.3. The van der Waals surface area contributed by atoms with E-state index in [2.05, 4.69) is 48.9 Å². The molecular weight excluding hydrogens is 1170 g/mol. The predicted octanol–water partition coefficient (Wildman–Crippen LogP) is 10.1. The summed E-state index contributed by atoms with van der Waals surface area (Å²) >= 11 is 7.82. The van der Waals surface area contributed by atoms with E-state index in [0.717, 1.165) is 114 Å². The molecule has 16 nitrogen and oxygen atoms in total. The molecule has 0 bridgehead atoms. The van der Waals surface area contributed by atoms with Gasteiger partial charge in [-0.3, -0.25) is 19.5 Å². The summed E-state index contributed by atoms with van der Waals surface area (Å²) in [6.07, 6.45) is 5.61. The molecule has 4 saturated heterocycles. The van der Waals surface area contributed by atoms with Crippen molar-refractivity contribution in [2.75, 3.05) is 134 Å². The lowest BCUT2D eigenvalue weighted by atomic mass is 9.71. The van der Waals surface area contributed by atoms with Crippen LogP contribution in [-0.4, -0.2) is 194 Å². The van der Waals surface area contributed by atoms with Crippen molar-refractivity contribution in [1.82, 2.24) is 29.2 Å². The fourth-order valence-corrected chi connectivity index (χ4v) is 15.3. The van der Waals surface area contributed by atoms with E-state index in [9.17, 15) is 39.6 Å². The maximum absolute atomic E-state index is 14.3. The molecule has 4 aromatic carbocycles. The molecule has 85 heavy (non-hydrogen) atoms. The largest absolute Gasteiger partial charge is 0.501 e. The van der Waals surface area contributed by atoms with E-state index in [4.69, 9.17) is 21.1 Å². The fourth-order valence-electron chi connectivity index (χ4n) is 12.2. The van der Waals surface area contributed by atoms with Gasteiger partial charge in [0.15, 0.2) is 0 Å². The number of nitrogens with one attached hydrogen (secondary N) is 2. The van der Waals surface area contributed by atoms with Crippen molar-refractivity contribution < 1.29 is 49.1 Å². The Morgan fingerprint density at radius 1 is 0.788 bits per heavy atom. The number of anilines is 2. The number of allylic oxidation sites excluding steroid dienone is 1. The van der Waals surface area contributed by atoms with Crippen molar-refractivity contribution in [2.45, 2.75) is 98.1 Å². The summed E-state index contributed by atoms with van der Waals surface area (Å²) in [5.41, 5.74) is -1.66. The number of alkyl halides is 3. The first-order chi connectivity index (χ1) is 40.4. The normalized spacial score (nSPS) is 21.0. The molecule has 1 unspecified atom stereocenters. The molecule has 2 amide bonds. The lowest BCUT2D eigenvalue weighted by Crippen LogP contribution is -2.51. The molecule has 4 heterocycles. The maximum atomic E-state index is 14.3. The number of benzene rings is 4. The van der Waals surface area contributed by atoms with Crippen LogP contribution < -0.4 is 14.9 Å². The molecular formula is C62H82ClF3N8O8S3. The molecule has 1 aliphatic carbocycles. The van der Waals surface area contributed by atoms with Gasteiger partial charge in [0, 0.05) is 125 Å². The number of hydrogen-bond donors (Lipinski definition) is 2. The van der Waals surface area contributed by atoms with Crippen LogP contribution in [-0.2, 0) is 29.3 Å². The second-order valence-electron chi connectivity index (χ2n) is 24.6. The number of likely N-dealkylation sites (tertiary alicyclic amines) is 1. The Balaban J connectivity index is 0.795. The second kappa shape index (κ2) is 28.1. The van der Waals surface area contributed by atoms with Gasteiger partial charge in [0.2, 0.25) is 0 Å². The molecule has 0 radical (unpaired) electrons. The van der Waals surface area contributed by atoms with E-state index in [-0.39, 0.29) is 17.1 Å². The van der Waals surface area contributed by atoms with Crippen LogP contribution in [0.15, 0.2) is 117 Å². The Bertz CT molecular complexity index is 3160. The Labute approximate surface area is 509 Å². The SMILES string of the molecule is CC1(CN2CCC(CN3CCN(C(=O)OC(C)(C)C)CC3)CC2)CCC(c2ccc(Cl)cc2)=C(CN2CCN(c3ccc(C(=O)NS(=O)(=O)c4ccc(N[C@H](CCN5CCOCC5)CSc5ccccc5)c(S(=O)(=O)C(F)(F)F)c4)cc3)CC2)C1. The van der Waals surface area contributed by atoms with Crippen molar-refractivity contribution in [2.24, 2.45) is 11.3 Å². The highest BCUT2D eigenvalue weighted by Gasteiger charge is 2.49. The third-order valence-electron chi connectivity index (χ3n) is 16.9. The molecule has 2 N–H and O–H groups in total. The molecule has 0 spiro atoms. The number of carbonyl (C=O) groups is 2. The minimum atomic E-state index is -6.08. The summed E-state index contributed by atoms with van der Waals surface area (Å²) in [7, 11) is -11.0. The van der Waals surface area contributed by atoms with Gasteiger partial charge >= 0.3 is 11.6 Å². The van der Waals surface area contributed by atoms with Crippen LogP contribution in [0.25, 0.3) is 5.57 Å². The van der Waals surface area contributed by atoms with Gasteiger partial charge in [0.05, 0.1) is 23.8 Å². The average Bonchev–Trinajstić information content (AvgIpc) is 2.75. The Hall–Kier alpha value is -4.91. The maximum Gasteiger partial charge on any atom is 0.501 e. The Kier molecular flexibility index (Phi) is 21.3. The van der Waals surface area contributed by atoms with Crippen LogP contribution in [0, 0.1) is 11.3 Å². The van der Waals surface area contributed by atoms with Crippen molar-refractivity contribution in [1.29, 1.82) is 0 Å². The van der Waals surface area contributed by atoms with E-state index in [1.54, 1.807) is 12.1 Å². The summed E-state index contributed by atoms with van der Waals surface area (Å²) in [6.45, 7) is 22.4. The standard InChI is InChI=1S/C62H82ClF3N8O8S3/c1-60(2,3)82-59(76)74-34-30-70(31-35-74)42-46-21-25-72(26-22-46)45-61(4)24-20-55(47-10-14-50(63)15-11-47)49(41-61)43-71-28-32-73(33-29-71)52-16-12-48(13-17-52)58(75)68-85(79,80)54-18-19-56(57(40-54)84(77,78)62(64,65)66)67-51(23-27-69-36-38-81-39-37-69)44-83-53-8-6-5-7-9-53/h5-19,40,46,51,67H,20-39,41-45H2,1-4H3,(H,68,75)/t51-,61?/m1/s1. The van der Waals surface area contributed by atoms with E-state index in [1.165, 1.54) is 40.6 Å². The number of hydrogen-bond acceptors (Lipinski definition) is 15. The summed E-state index contributed by atoms with van der Waals surface area (Å²) in [4.78, 5) is 38.9. The number of ether oxygens (including phenoxy) is 2. The number of sulfonamides is 1. The number of morpholine rings is 1. The predicted molar refractivity (Wildman–Crippen MR) is 330 cm³/mol. The molecule has 2 atom stereocenters. The molecule has 5 aliphatic rings. The van der Waals surface area contributed by atoms with Crippen LogP contribution in [0.5, 0.6) is 0 Å².